The first-order valence-corrected chi connectivity index (χ1v) is 11.4. The number of anilines is 1. The van der Waals surface area contributed by atoms with Crippen molar-refractivity contribution in [1.29, 1.82) is 0 Å². The molecule has 2 aliphatic rings. The number of halogens is 1. The van der Waals surface area contributed by atoms with Gasteiger partial charge in [0.2, 0.25) is 17.2 Å². The molecule has 0 radical (unpaired) electrons. The van der Waals surface area contributed by atoms with Crippen molar-refractivity contribution >= 4 is 28.9 Å². The average Bonchev–Trinajstić information content (AvgIpc) is 3.46. The molecule has 0 fully saturated rings. The number of aromatic nitrogens is 3. The van der Waals surface area contributed by atoms with Crippen molar-refractivity contribution in [3.8, 4) is 17.2 Å². The fraction of sp³-hybridized carbons (Fsp3) is 0.280. The fourth-order valence-electron chi connectivity index (χ4n) is 4.65. The second-order valence-electron chi connectivity index (χ2n) is 8.52. The number of nitrogens with one attached hydrogen (secondary N) is 1. The van der Waals surface area contributed by atoms with E-state index in [2.05, 4.69) is 15.4 Å². The number of Topliss-reactive ketones (excluding diaryl/α,β-unsaturated/α-hetero) is 1. The molecule has 0 saturated heterocycles. The highest BCUT2D eigenvalue weighted by Gasteiger charge is 2.60. The molecule has 2 atom stereocenters. The Bertz CT molecular complexity index is 1350. The largest absolute Gasteiger partial charge is 0.496 e. The molecule has 10 heteroatoms. The van der Waals surface area contributed by atoms with Gasteiger partial charge in [0, 0.05) is 29.4 Å². The van der Waals surface area contributed by atoms with Gasteiger partial charge in [-0.2, -0.15) is 5.10 Å². The van der Waals surface area contributed by atoms with E-state index in [1.165, 1.54) is 32.7 Å². The number of hydrogen-bond acceptors (Lipinski definition) is 8. The molecule has 1 aromatic heterocycles. The molecule has 35 heavy (non-hydrogen) atoms. The Hall–Kier alpha value is -3.85. The van der Waals surface area contributed by atoms with Crippen LogP contribution in [-0.4, -0.2) is 46.2 Å². The van der Waals surface area contributed by atoms with E-state index in [4.69, 9.17) is 25.8 Å². The van der Waals surface area contributed by atoms with Crippen LogP contribution in [0.5, 0.6) is 17.2 Å². The van der Waals surface area contributed by atoms with Crippen LogP contribution >= 0.6 is 11.6 Å². The third-order valence-electron chi connectivity index (χ3n) is 6.35. The van der Waals surface area contributed by atoms with Gasteiger partial charge in [0.25, 0.3) is 0 Å². The Labute approximate surface area is 206 Å². The van der Waals surface area contributed by atoms with Crippen LogP contribution in [0.15, 0.2) is 54.8 Å². The first-order valence-electron chi connectivity index (χ1n) is 11.0. The molecule has 9 nitrogen and oxygen atoms in total. The van der Waals surface area contributed by atoms with E-state index in [1.54, 1.807) is 11.0 Å². The minimum Gasteiger partial charge on any atom is -0.496 e. The summed E-state index contributed by atoms with van der Waals surface area (Å²) in [5, 5.41) is 7.57. The van der Waals surface area contributed by atoms with Crippen LogP contribution in [0.1, 0.15) is 29.3 Å². The van der Waals surface area contributed by atoms with E-state index in [9.17, 15) is 9.59 Å². The molecule has 0 amide bonds. The third-order valence-corrected chi connectivity index (χ3v) is 6.71. The molecule has 0 bridgehead atoms. The molecule has 180 valence electrons. The first kappa shape index (κ1) is 22.9. The maximum atomic E-state index is 13.6. The molecule has 5 rings (SSSR count). The maximum Gasteiger partial charge on any atom is 0.236 e. The minimum atomic E-state index is -1.70. The summed E-state index contributed by atoms with van der Waals surface area (Å²) in [6.45, 7) is 2.38. The maximum absolute atomic E-state index is 13.6. The van der Waals surface area contributed by atoms with Gasteiger partial charge in [-0.15, -0.1) is 0 Å². The molecule has 2 heterocycles. The van der Waals surface area contributed by atoms with Gasteiger partial charge in [0.05, 0.1) is 20.8 Å². The molecule has 1 N–H and O–H groups in total. The van der Waals surface area contributed by atoms with Gasteiger partial charge in [-0.1, -0.05) is 30.7 Å². The molecule has 1 spiro atoms. The third kappa shape index (κ3) is 3.72. The highest BCUT2D eigenvalue weighted by molar-refractivity contribution is 6.36. The van der Waals surface area contributed by atoms with Crippen molar-refractivity contribution in [2.75, 3.05) is 19.5 Å². The van der Waals surface area contributed by atoms with Gasteiger partial charge < -0.3 is 19.5 Å². The summed E-state index contributed by atoms with van der Waals surface area (Å²) in [5.74, 6) is -0.717. The number of benzene rings is 2. The Balaban J connectivity index is 1.43. The van der Waals surface area contributed by atoms with Crippen LogP contribution in [0.25, 0.3) is 0 Å². The molecule has 3 aromatic rings. The Kier molecular flexibility index (Phi) is 5.72. The van der Waals surface area contributed by atoms with Crippen molar-refractivity contribution < 1.29 is 23.8 Å². The molecule has 1 aliphatic heterocycles. The highest BCUT2D eigenvalue weighted by atomic mass is 35.5. The number of hydrogen-bond donors (Lipinski definition) is 1. The van der Waals surface area contributed by atoms with Crippen LogP contribution in [0.4, 0.5) is 5.69 Å². The summed E-state index contributed by atoms with van der Waals surface area (Å²) in [5.41, 5.74) is 0.985. The number of ketones is 2. The summed E-state index contributed by atoms with van der Waals surface area (Å²) >= 11 is 6.44. The van der Waals surface area contributed by atoms with E-state index in [-0.39, 0.29) is 22.1 Å². The molecular weight excluding hydrogens is 472 g/mol. The molecule has 2 unspecified atom stereocenters. The predicted molar refractivity (Wildman–Crippen MR) is 128 cm³/mol. The molecule has 2 aromatic carbocycles. The topological polar surface area (TPSA) is 105 Å². The van der Waals surface area contributed by atoms with Gasteiger partial charge >= 0.3 is 0 Å². The van der Waals surface area contributed by atoms with Crippen molar-refractivity contribution in [1.82, 2.24) is 14.8 Å². The van der Waals surface area contributed by atoms with Crippen molar-refractivity contribution in [2.24, 2.45) is 5.92 Å². The van der Waals surface area contributed by atoms with Gasteiger partial charge in [0.15, 0.2) is 5.75 Å². The second-order valence-corrected chi connectivity index (χ2v) is 8.90. The van der Waals surface area contributed by atoms with E-state index < -0.39 is 23.1 Å². The zero-order valence-corrected chi connectivity index (χ0v) is 20.1. The lowest BCUT2D eigenvalue weighted by Gasteiger charge is -2.35. The normalized spacial score (nSPS) is 20.9. The lowest BCUT2D eigenvalue weighted by Crippen LogP contribution is -2.55. The molecular formula is C25H23ClN4O5. The highest BCUT2D eigenvalue weighted by Crippen LogP contribution is 2.53. The van der Waals surface area contributed by atoms with E-state index in [0.717, 1.165) is 11.3 Å². The SMILES string of the molecule is COc1cc(OC)c2c(c1Cl)OC1(C(=O)C=C(Nc3cccc(Cn4cncn4)c3)CC1C)C2=O. The Morgan fingerprint density at radius 2 is 2.03 bits per heavy atom. The van der Waals surface area contributed by atoms with Crippen LogP contribution in [0.2, 0.25) is 5.02 Å². The van der Waals surface area contributed by atoms with Gasteiger partial charge in [-0.05, 0) is 24.1 Å². The Morgan fingerprint density at radius 3 is 2.71 bits per heavy atom. The van der Waals surface area contributed by atoms with Crippen LogP contribution in [-0.2, 0) is 11.3 Å². The lowest BCUT2D eigenvalue weighted by molar-refractivity contribution is -0.129. The summed E-state index contributed by atoms with van der Waals surface area (Å²) in [4.78, 5) is 31.0. The number of ether oxygens (including phenoxy) is 3. The smallest absolute Gasteiger partial charge is 0.236 e. The summed E-state index contributed by atoms with van der Waals surface area (Å²) in [6, 6.07) is 9.32. The van der Waals surface area contributed by atoms with Gasteiger partial charge in [0.1, 0.15) is 34.7 Å². The quantitative estimate of drug-likeness (QED) is 0.514. The lowest BCUT2D eigenvalue weighted by atomic mass is 9.74. The summed E-state index contributed by atoms with van der Waals surface area (Å²) in [7, 11) is 2.89. The monoisotopic (exact) mass is 494 g/mol. The number of nitrogens with zero attached hydrogens (tertiary/aromatic N) is 3. The number of allylic oxidation sites excluding steroid dienone is 1. The average molecular weight is 495 g/mol. The first-order chi connectivity index (χ1) is 16.9. The minimum absolute atomic E-state index is 0.110. The zero-order valence-electron chi connectivity index (χ0n) is 19.4. The molecule has 0 saturated carbocycles. The fourth-order valence-corrected chi connectivity index (χ4v) is 4.92. The van der Waals surface area contributed by atoms with Gasteiger partial charge in [-0.3, -0.25) is 9.59 Å². The van der Waals surface area contributed by atoms with Gasteiger partial charge in [-0.25, -0.2) is 9.67 Å². The van der Waals surface area contributed by atoms with Crippen molar-refractivity contribution in [3.63, 3.8) is 0 Å². The van der Waals surface area contributed by atoms with Crippen LogP contribution in [0.3, 0.4) is 0 Å². The number of fused-ring (bicyclic) bond motifs is 1. The number of carbonyl (C=O) groups is 2. The van der Waals surface area contributed by atoms with Crippen LogP contribution in [0, 0.1) is 5.92 Å². The summed E-state index contributed by atoms with van der Waals surface area (Å²) in [6.07, 6.45) is 4.99. The predicted octanol–water partition coefficient (Wildman–Crippen LogP) is 3.92. The van der Waals surface area contributed by atoms with Crippen LogP contribution < -0.4 is 19.5 Å². The molecule has 1 aliphatic carbocycles. The zero-order chi connectivity index (χ0) is 24.7. The standard InChI is InChI=1S/C25H23ClN4O5/c1-14-7-17(29-16-6-4-5-15(8-16)11-30-13-27-12-28-30)9-20(31)25(14)24(32)21-18(33-2)10-19(34-3)22(26)23(21)35-25/h4-6,8-10,12-14,29H,7,11H2,1-3H3. The van der Waals surface area contributed by atoms with E-state index in [1.807, 2.05) is 31.2 Å². The number of methoxy groups -OCH3 is 2. The number of rotatable bonds is 6. The second kappa shape index (κ2) is 8.74. The Morgan fingerprint density at radius 1 is 1.23 bits per heavy atom. The van der Waals surface area contributed by atoms with Crippen molar-refractivity contribution in [3.05, 3.63) is 70.9 Å². The number of carbonyl (C=O) groups excluding carboxylic acids is 2. The summed E-state index contributed by atoms with van der Waals surface area (Å²) < 4.78 is 18.5. The van der Waals surface area contributed by atoms with E-state index in [0.29, 0.717) is 24.4 Å². The van der Waals surface area contributed by atoms with E-state index >= 15 is 0 Å². The van der Waals surface area contributed by atoms with Crippen molar-refractivity contribution in [2.45, 2.75) is 25.5 Å².